The summed E-state index contributed by atoms with van der Waals surface area (Å²) in [5.74, 6) is 0. The lowest BCUT2D eigenvalue weighted by atomic mass is 9.92. The van der Waals surface area contributed by atoms with E-state index < -0.39 is 30.5 Å². The van der Waals surface area contributed by atoms with E-state index in [9.17, 15) is 15.3 Å². The first-order valence-electron chi connectivity index (χ1n) is 7.07. The van der Waals surface area contributed by atoms with E-state index in [1.807, 2.05) is 20.8 Å². The van der Waals surface area contributed by atoms with E-state index in [0.717, 1.165) is 16.7 Å². The zero-order valence-corrected chi connectivity index (χ0v) is 12.5. The maximum absolute atomic E-state index is 10.3. The first-order chi connectivity index (χ1) is 9.31. The molecule has 0 amide bonds. The van der Waals surface area contributed by atoms with Gasteiger partial charge in [0, 0.05) is 6.42 Å². The fourth-order valence-corrected chi connectivity index (χ4v) is 3.06. The molecule has 0 bridgehead atoms. The number of benzene rings is 1. The third-order valence-corrected chi connectivity index (χ3v) is 4.17. The predicted octanol–water partition coefficient (Wildman–Crippen LogP) is 1.02. The monoisotopic (exact) mass is 280 g/mol. The molecule has 4 nitrogen and oxygen atoms in total. The molecule has 1 aromatic rings. The topological polar surface area (TPSA) is 69.9 Å². The van der Waals surface area contributed by atoms with Crippen LogP contribution in [-0.4, -0.2) is 45.8 Å². The van der Waals surface area contributed by atoms with Crippen LogP contribution < -0.4 is 0 Å². The maximum atomic E-state index is 10.3. The highest BCUT2D eigenvalue weighted by Gasteiger charge is 2.43. The van der Waals surface area contributed by atoms with E-state index >= 15 is 0 Å². The Balaban J connectivity index is 2.15. The summed E-state index contributed by atoms with van der Waals surface area (Å²) < 4.78 is 5.47. The van der Waals surface area contributed by atoms with E-state index in [4.69, 9.17) is 4.74 Å². The number of hydrogen-bond acceptors (Lipinski definition) is 4. The molecule has 0 radical (unpaired) electrons. The molecule has 4 heteroatoms. The lowest BCUT2D eigenvalue weighted by Crippen LogP contribution is -2.39. The zero-order chi connectivity index (χ0) is 15.0. The third-order valence-electron chi connectivity index (χ3n) is 4.17. The number of aryl methyl sites for hydroxylation is 3. The van der Waals surface area contributed by atoms with E-state index in [1.54, 1.807) is 6.92 Å². The summed E-state index contributed by atoms with van der Waals surface area (Å²) in [5, 5.41) is 30.0. The molecule has 1 heterocycles. The van der Waals surface area contributed by atoms with Gasteiger partial charge in [0.15, 0.2) is 0 Å². The Morgan fingerprint density at radius 2 is 1.65 bits per heavy atom. The molecule has 1 aliphatic heterocycles. The van der Waals surface area contributed by atoms with Gasteiger partial charge in [0.2, 0.25) is 0 Å². The molecule has 5 unspecified atom stereocenters. The highest BCUT2D eigenvalue weighted by atomic mass is 16.6. The first-order valence-corrected chi connectivity index (χ1v) is 7.07. The predicted molar refractivity (Wildman–Crippen MR) is 76.7 cm³/mol. The Morgan fingerprint density at radius 3 is 2.10 bits per heavy atom. The molecule has 0 spiro atoms. The average Bonchev–Trinajstić information content (AvgIpc) is 2.61. The van der Waals surface area contributed by atoms with Crippen LogP contribution in [0.5, 0.6) is 0 Å². The fourth-order valence-electron chi connectivity index (χ4n) is 3.06. The van der Waals surface area contributed by atoms with Crippen LogP contribution >= 0.6 is 0 Å². The van der Waals surface area contributed by atoms with Crippen LogP contribution in [0.1, 0.15) is 29.2 Å². The van der Waals surface area contributed by atoms with Crippen molar-refractivity contribution in [3.63, 3.8) is 0 Å². The van der Waals surface area contributed by atoms with Gasteiger partial charge >= 0.3 is 0 Å². The van der Waals surface area contributed by atoms with Crippen molar-refractivity contribution in [2.75, 3.05) is 0 Å². The summed E-state index contributed by atoms with van der Waals surface area (Å²) in [5.41, 5.74) is 4.53. The summed E-state index contributed by atoms with van der Waals surface area (Å²) in [4.78, 5) is 0. The van der Waals surface area contributed by atoms with Gasteiger partial charge in [0.05, 0.1) is 12.2 Å². The normalized spacial score (nSPS) is 31.6. The summed E-state index contributed by atoms with van der Waals surface area (Å²) in [6.07, 6.45) is -3.57. The maximum Gasteiger partial charge on any atom is 0.113 e. The molecule has 1 saturated heterocycles. The van der Waals surface area contributed by atoms with E-state index in [1.165, 1.54) is 5.56 Å². The molecule has 0 aliphatic carbocycles. The number of rotatable bonds is 3. The Labute approximate surface area is 120 Å². The summed E-state index contributed by atoms with van der Waals surface area (Å²) in [7, 11) is 0. The fraction of sp³-hybridized carbons (Fsp3) is 0.625. The average molecular weight is 280 g/mol. The molecule has 1 fully saturated rings. The van der Waals surface area contributed by atoms with Gasteiger partial charge in [0.25, 0.3) is 0 Å². The molecule has 1 aromatic carbocycles. The van der Waals surface area contributed by atoms with Crippen molar-refractivity contribution in [1.82, 2.24) is 0 Å². The van der Waals surface area contributed by atoms with Crippen LogP contribution in [0.25, 0.3) is 0 Å². The Hall–Kier alpha value is -0.940. The van der Waals surface area contributed by atoms with E-state index in [2.05, 4.69) is 12.1 Å². The lowest BCUT2D eigenvalue weighted by Gasteiger charge is -2.23. The Kier molecular flexibility index (Phi) is 4.49. The smallest absolute Gasteiger partial charge is 0.113 e. The van der Waals surface area contributed by atoms with Crippen molar-refractivity contribution in [2.24, 2.45) is 0 Å². The lowest BCUT2D eigenvalue weighted by molar-refractivity contribution is -0.0614. The van der Waals surface area contributed by atoms with Crippen LogP contribution in [0, 0.1) is 20.8 Å². The van der Waals surface area contributed by atoms with Crippen LogP contribution in [-0.2, 0) is 11.2 Å². The van der Waals surface area contributed by atoms with Crippen molar-refractivity contribution in [1.29, 1.82) is 0 Å². The number of aliphatic hydroxyl groups is 3. The van der Waals surface area contributed by atoms with Crippen molar-refractivity contribution in [3.05, 3.63) is 34.4 Å². The van der Waals surface area contributed by atoms with Crippen molar-refractivity contribution in [3.8, 4) is 0 Å². The minimum atomic E-state index is -1.04. The molecule has 1 aliphatic rings. The molecule has 112 valence electrons. The van der Waals surface area contributed by atoms with Gasteiger partial charge in [-0.05, 0) is 44.4 Å². The summed E-state index contributed by atoms with van der Waals surface area (Å²) in [6.45, 7) is 7.78. The van der Waals surface area contributed by atoms with Gasteiger partial charge in [-0.15, -0.1) is 0 Å². The molecule has 2 rings (SSSR count). The number of ether oxygens (including phenoxy) is 1. The van der Waals surface area contributed by atoms with Crippen LogP contribution in [0.4, 0.5) is 0 Å². The van der Waals surface area contributed by atoms with Crippen molar-refractivity contribution < 1.29 is 20.1 Å². The minimum absolute atomic E-state index is 0.416. The second-order valence-electron chi connectivity index (χ2n) is 5.94. The highest BCUT2D eigenvalue weighted by Crippen LogP contribution is 2.26. The quantitative estimate of drug-likeness (QED) is 0.773. The van der Waals surface area contributed by atoms with Gasteiger partial charge in [-0.2, -0.15) is 0 Å². The Morgan fingerprint density at radius 1 is 1.10 bits per heavy atom. The van der Waals surface area contributed by atoms with Crippen molar-refractivity contribution >= 4 is 0 Å². The van der Waals surface area contributed by atoms with Crippen LogP contribution in [0.15, 0.2) is 12.1 Å². The largest absolute Gasteiger partial charge is 0.390 e. The molecular weight excluding hydrogens is 256 g/mol. The van der Waals surface area contributed by atoms with Crippen molar-refractivity contribution in [2.45, 2.75) is 64.6 Å². The third kappa shape index (κ3) is 2.88. The molecule has 5 atom stereocenters. The molecule has 0 saturated carbocycles. The van der Waals surface area contributed by atoms with Gasteiger partial charge in [-0.1, -0.05) is 17.7 Å². The summed E-state index contributed by atoms with van der Waals surface area (Å²) >= 11 is 0. The van der Waals surface area contributed by atoms with Gasteiger partial charge in [-0.25, -0.2) is 0 Å². The standard InChI is InChI=1S/C16H24O4/c1-8-5-9(2)12(10(3)6-8)7-13(17)16-15(19)14(18)11(4)20-16/h5-6,11,13-19H,7H2,1-4H3. The van der Waals surface area contributed by atoms with Crippen LogP contribution in [0.3, 0.4) is 0 Å². The number of hydrogen-bond donors (Lipinski definition) is 3. The highest BCUT2D eigenvalue weighted by molar-refractivity contribution is 5.38. The minimum Gasteiger partial charge on any atom is -0.390 e. The second kappa shape index (κ2) is 5.82. The second-order valence-corrected chi connectivity index (χ2v) is 5.94. The molecule has 3 N–H and O–H groups in total. The number of aliphatic hydroxyl groups excluding tert-OH is 3. The zero-order valence-electron chi connectivity index (χ0n) is 12.5. The van der Waals surface area contributed by atoms with Gasteiger partial charge in [-0.3, -0.25) is 0 Å². The van der Waals surface area contributed by atoms with E-state index in [0.29, 0.717) is 6.42 Å². The van der Waals surface area contributed by atoms with Crippen LogP contribution in [0.2, 0.25) is 0 Å². The SMILES string of the molecule is Cc1cc(C)c(CC(O)C2OC(C)C(O)C2O)c(C)c1. The molecule has 20 heavy (non-hydrogen) atoms. The van der Waals surface area contributed by atoms with Gasteiger partial charge < -0.3 is 20.1 Å². The molecular formula is C16H24O4. The summed E-state index contributed by atoms with van der Waals surface area (Å²) in [6, 6.07) is 4.16. The van der Waals surface area contributed by atoms with Gasteiger partial charge in [0.1, 0.15) is 18.3 Å². The Bertz CT molecular complexity index is 462. The first kappa shape index (κ1) is 15.4. The molecule has 0 aromatic heterocycles. The van der Waals surface area contributed by atoms with E-state index in [-0.39, 0.29) is 0 Å².